The first kappa shape index (κ1) is 12.9. The summed E-state index contributed by atoms with van der Waals surface area (Å²) in [7, 11) is 0. The first-order valence-electron chi connectivity index (χ1n) is 6.64. The molecule has 2 nitrogen and oxygen atoms in total. The van der Waals surface area contributed by atoms with Crippen molar-refractivity contribution in [2.24, 2.45) is 0 Å². The molecule has 2 N–H and O–H groups in total. The van der Waals surface area contributed by atoms with E-state index in [1.807, 2.05) is 12.1 Å². The van der Waals surface area contributed by atoms with Gasteiger partial charge in [0.15, 0.2) is 5.11 Å². The lowest BCUT2D eigenvalue weighted by atomic mass is 9.90. The van der Waals surface area contributed by atoms with E-state index >= 15 is 0 Å². The third-order valence-electron chi connectivity index (χ3n) is 3.49. The first-order chi connectivity index (χ1) is 9.75. The molecule has 0 fully saturated rings. The Morgan fingerprint density at radius 2 is 1.50 bits per heavy atom. The number of hydrogen-bond donors (Lipinski definition) is 2. The third kappa shape index (κ3) is 2.45. The Hall–Kier alpha value is -2.13. The van der Waals surface area contributed by atoms with Gasteiger partial charge in [0.05, 0.1) is 6.04 Å². The molecule has 1 atom stereocenters. The van der Waals surface area contributed by atoms with E-state index < -0.39 is 0 Å². The molecule has 0 amide bonds. The van der Waals surface area contributed by atoms with Gasteiger partial charge in [-0.2, -0.15) is 0 Å². The predicted octanol–water partition coefficient (Wildman–Crippen LogP) is 3.64. The smallest absolute Gasteiger partial charge is 0.171 e. The van der Waals surface area contributed by atoms with Crippen molar-refractivity contribution in [3.8, 4) is 0 Å². The SMILES string of the molecule is CC1=C(c2ccccc2)C(c2ccccc2)NC(=S)N1. The summed E-state index contributed by atoms with van der Waals surface area (Å²) in [5.41, 5.74) is 4.77. The van der Waals surface area contributed by atoms with Crippen molar-refractivity contribution in [3.05, 3.63) is 77.5 Å². The van der Waals surface area contributed by atoms with Crippen molar-refractivity contribution in [1.29, 1.82) is 0 Å². The van der Waals surface area contributed by atoms with Crippen molar-refractivity contribution in [2.75, 3.05) is 0 Å². The monoisotopic (exact) mass is 280 g/mol. The van der Waals surface area contributed by atoms with E-state index in [9.17, 15) is 0 Å². The van der Waals surface area contributed by atoms with Crippen LogP contribution in [0.4, 0.5) is 0 Å². The topological polar surface area (TPSA) is 24.1 Å². The molecular weight excluding hydrogens is 264 g/mol. The van der Waals surface area contributed by atoms with E-state index in [0.29, 0.717) is 5.11 Å². The van der Waals surface area contributed by atoms with Crippen molar-refractivity contribution < 1.29 is 0 Å². The Balaban J connectivity index is 2.11. The number of nitrogens with one attached hydrogen (secondary N) is 2. The molecule has 0 saturated heterocycles. The normalized spacial score (nSPS) is 18.4. The van der Waals surface area contributed by atoms with Gasteiger partial charge in [0.1, 0.15) is 0 Å². The fourth-order valence-electron chi connectivity index (χ4n) is 2.59. The molecule has 0 bridgehead atoms. The summed E-state index contributed by atoms with van der Waals surface area (Å²) < 4.78 is 0. The Kier molecular flexibility index (Phi) is 3.52. The fraction of sp³-hybridized carbons (Fsp3) is 0.118. The van der Waals surface area contributed by atoms with Gasteiger partial charge in [-0.15, -0.1) is 0 Å². The quantitative estimate of drug-likeness (QED) is 0.821. The highest BCUT2D eigenvalue weighted by molar-refractivity contribution is 7.80. The maximum atomic E-state index is 5.31. The molecule has 1 aliphatic heterocycles. The van der Waals surface area contributed by atoms with Gasteiger partial charge in [-0.25, -0.2) is 0 Å². The predicted molar refractivity (Wildman–Crippen MR) is 87.1 cm³/mol. The Morgan fingerprint density at radius 3 is 2.15 bits per heavy atom. The van der Waals surface area contributed by atoms with Crippen molar-refractivity contribution in [1.82, 2.24) is 10.6 Å². The summed E-state index contributed by atoms with van der Waals surface area (Å²) in [6.45, 7) is 2.07. The number of benzene rings is 2. The molecule has 0 aromatic heterocycles. The van der Waals surface area contributed by atoms with Crippen molar-refractivity contribution in [2.45, 2.75) is 13.0 Å². The minimum absolute atomic E-state index is 0.0901. The molecule has 1 unspecified atom stereocenters. The van der Waals surface area contributed by atoms with Crippen LogP contribution in [0.25, 0.3) is 5.57 Å². The minimum Gasteiger partial charge on any atom is -0.351 e. The Bertz CT molecular complexity index is 647. The standard InChI is InChI=1S/C17H16N2S/c1-12-15(13-8-4-2-5-9-13)16(19-17(20)18-12)14-10-6-3-7-11-14/h2-11,16H,1H3,(H2,18,19,20). The Morgan fingerprint density at radius 1 is 0.900 bits per heavy atom. The lowest BCUT2D eigenvalue weighted by Crippen LogP contribution is -2.42. The zero-order chi connectivity index (χ0) is 13.9. The van der Waals surface area contributed by atoms with Gasteiger partial charge in [0.2, 0.25) is 0 Å². The van der Waals surface area contributed by atoms with Gasteiger partial charge in [0, 0.05) is 11.3 Å². The highest BCUT2D eigenvalue weighted by Gasteiger charge is 2.25. The van der Waals surface area contributed by atoms with Gasteiger partial charge in [-0.05, 0) is 30.3 Å². The molecule has 0 aliphatic carbocycles. The van der Waals surface area contributed by atoms with Gasteiger partial charge >= 0.3 is 0 Å². The Labute approximate surface area is 124 Å². The second kappa shape index (κ2) is 5.47. The van der Waals surface area contributed by atoms with Crippen LogP contribution in [0.5, 0.6) is 0 Å². The lowest BCUT2D eigenvalue weighted by molar-refractivity contribution is 0.760. The summed E-state index contributed by atoms with van der Waals surface area (Å²) in [6, 6.07) is 20.9. The number of hydrogen-bond acceptors (Lipinski definition) is 1. The van der Waals surface area contributed by atoms with E-state index in [-0.39, 0.29) is 6.04 Å². The second-order valence-electron chi connectivity index (χ2n) is 4.85. The van der Waals surface area contributed by atoms with Crippen LogP contribution in [0.3, 0.4) is 0 Å². The number of allylic oxidation sites excluding steroid dienone is 1. The van der Waals surface area contributed by atoms with Gasteiger partial charge in [0.25, 0.3) is 0 Å². The average molecular weight is 280 g/mol. The summed E-state index contributed by atoms with van der Waals surface area (Å²) in [5, 5.41) is 7.28. The molecule has 3 heteroatoms. The molecule has 0 spiro atoms. The van der Waals surface area contributed by atoms with Crippen molar-refractivity contribution in [3.63, 3.8) is 0 Å². The largest absolute Gasteiger partial charge is 0.351 e. The highest BCUT2D eigenvalue weighted by atomic mass is 32.1. The first-order valence-corrected chi connectivity index (χ1v) is 7.05. The van der Waals surface area contributed by atoms with Gasteiger partial charge in [-0.1, -0.05) is 60.7 Å². The van der Waals surface area contributed by atoms with Gasteiger partial charge < -0.3 is 10.6 Å². The number of rotatable bonds is 2. The minimum atomic E-state index is 0.0901. The second-order valence-corrected chi connectivity index (χ2v) is 5.26. The molecule has 0 saturated carbocycles. The molecule has 100 valence electrons. The van der Waals surface area contributed by atoms with E-state index in [0.717, 1.165) is 5.70 Å². The molecular formula is C17H16N2S. The summed E-state index contributed by atoms with van der Waals surface area (Å²) >= 11 is 5.31. The van der Waals surface area contributed by atoms with Gasteiger partial charge in [-0.3, -0.25) is 0 Å². The zero-order valence-corrected chi connectivity index (χ0v) is 12.1. The lowest BCUT2D eigenvalue weighted by Gasteiger charge is -2.31. The maximum absolute atomic E-state index is 5.31. The maximum Gasteiger partial charge on any atom is 0.171 e. The van der Waals surface area contributed by atoms with E-state index in [2.05, 4.69) is 66.1 Å². The van der Waals surface area contributed by atoms with E-state index in [1.54, 1.807) is 0 Å². The summed E-state index contributed by atoms with van der Waals surface area (Å²) in [4.78, 5) is 0. The molecule has 3 rings (SSSR count). The van der Waals surface area contributed by atoms with E-state index in [4.69, 9.17) is 12.2 Å². The fourth-order valence-corrected chi connectivity index (χ4v) is 2.86. The summed E-state index contributed by atoms with van der Waals surface area (Å²) in [6.07, 6.45) is 0. The van der Waals surface area contributed by atoms with Crippen LogP contribution in [0, 0.1) is 0 Å². The average Bonchev–Trinajstić information content (AvgIpc) is 2.48. The van der Waals surface area contributed by atoms with Crippen LogP contribution in [0.1, 0.15) is 24.1 Å². The zero-order valence-electron chi connectivity index (χ0n) is 11.3. The summed E-state index contributed by atoms with van der Waals surface area (Å²) in [5.74, 6) is 0. The molecule has 1 aliphatic rings. The third-order valence-corrected chi connectivity index (χ3v) is 3.71. The highest BCUT2D eigenvalue weighted by Crippen LogP contribution is 2.33. The van der Waals surface area contributed by atoms with Crippen LogP contribution >= 0.6 is 12.2 Å². The van der Waals surface area contributed by atoms with Crippen LogP contribution in [0.15, 0.2) is 66.4 Å². The molecule has 2 aromatic rings. The number of thiocarbonyl (C=S) groups is 1. The van der Waals surface area contributed by atoms with Crippen LogP contribution in [-0.2, 0) is 0 Å². The molecule has 2 aromatic carbocycles. The van der Waals surface area contributed by atoms with Crippen LogP contribution in [0.2, 0.25) is 0 Å². The molecule has 1 heterocycles. The van der Waals surface area contributed by atoms with E-state index in [1.165, 1.54) is 16.7 Å². The van der Waals surface area contributed by atoms with Crippen LogP contribution < -0.4 is 10.6 Å². The molecule has 0 radical (unpaired) electrons. The molecule has 20 heavy (non-hydrogen) atoms. The van der Waals surface area contributed by atoms with Crippen LogP contribution in [-0.4, -0.2) is 5.11 Å². The van der Waals surface area contributed by atoms with Crippen molar-refractivity contribution >= 4 is 22.9 Å².